The number of carbonyl (C=O) groups excluding carboxylic acids is 1. The third-order valence-electron chi connectivity index (χ3n) is 3.46. The predicted octanol–water partition coefficient (Wildman–Crippen LogP) is 3.10. The van der Waals surface area contributed by atoms with Crippen LogP contribution in [0.5, 0.6) is 5.75 Å². The van der Waals surface area contributed by atoms with Crippen LogP contribution in [-0.4, -0.2) is 12.5 Å². The molecule has 0 aliphatic carbocycles. The SMILES string of the molecule is CCCC(=O)NC1CCOc2c(Cl)cc(C(C)N)cc21. The Kier molecular flexibility index (Phi) is 4.89. The summed E-state index contributed by atoms with van der Waals surface area (Å²) < 4.78 is 5.64. The minimum absolute atomic E-state index is 0.0472. The van der Waals surface area contributed by atoms with Gasteiger partial charge in [-0.15, -0.1) is 0 Å². The number of nitrogens with two attached hydrogens (primary N) is 1. The summed E-state index contributed by atoms with van der Waals surface area (Å²) in [5, 5.41) is 3.61. The summed E-state index contributed by atoms with van der Waals surface area (Å²) in [5.74, 6) is 0.733. The van der Waals surface area contributed by atoms with E-state index in [-0.39, 0.29) is 18.0 Å². The lowest BCUT2D eigenvalue weighted by atomic mass is 9.96. The van der Waals surface area contributed by atoms with E-state index in [1.165, 1.54) is 0 Å². The van der Waals surface area contributed by atoms with Crippen LogP contribution in [0.3, 0.4) is 0 Å². The molecule has 0 aromatic heterocycles. The number of amides is 1. The van der Waals surface area contributed by atoms with E-state index in [1.54, 1.807) is 0 Å². The monoisotopic (exact) mass is 296 g/mol. The summed E-state index contributed by atoms with van der Waals surface area (Å²) in [5.41, 5.74) is 7.81. The van der Waals surface area contributed by atoms with Crippen LogP contribution in [0.2, 0.25) is 5.02 Å². The molecule has 2 rings (SSSR count). The van der Waals surface area contributed by atoms with Crippen LogP contribution in [0, 0.1) is 0 Å². The predicted molar refractivity (Wildman–Crippen MR) is 80.0 cm³/mol. The Balaban J connectivity index is 2.31. The summed E-state index contributed by atoms with van der Waals surface area (Å²) >= 11 is 6.26. The number of rotatable bonds is 4. The Morgan fingerprint density at radius 2 is 2.35 bits per heavy atom. The molecule has 2 unspecified atom stereocenters. The van der Waals surface area contributed by atoms with Gasteiger partial charge in [0.25, 0.3) is 0 Å². The summed E-state index contributed by atoms with van der Waals surface area (Å²) in [6.07, 6.45) is 2.12. The number of ether oxygens (including phenoxy) is 1. The van der Waals surface area contributed by atoms with Crippen molar-refractivity contribution in [2.45, 2.75) is 45.2 Å². The van der Waals surface area contributed by atoms with Gasteiger partial charge in [-0.1, -0.05) is 18.5 Å². The number of nitrogens with one attached hydrogen (secondary N) is 1. The fourth-order valence-electron chi connectivity index (χ4n) is 2.39. The summed E-state index contributed by atoms with van der Waals surface area (Å²) in [7, 11) is 0. The second-order valence-corrected chi connectivity index (χ2v) is 5.62. The fourth-order valence-corrected chi connectivity index (χ4v) is 2.68. The standard InChI is InChI=1S/C15H21ClN2O2/c1-3-4-14(19)18-13-5-6-20-15-11(13)7-10(9(2)17)8-12(15)16/h7-9,13H,3-6,17H2,1-2H3,(H,18,19). The van der Waals surface area contributed by atoms with Crippen LogP contribution in [0.25, 0.3) is 0 Å². The molecule has 0 bridgehead atoms. The third kappa shape index (κ3) is 3.25. The molecule has 3 N–H and O–H groups in total. The lowest BCUT2D eigenvalue weighted by Crippen LogP contribution is -2.32. The van der Waals surface area contributed by atoms with Crippen LogP contribution < -0.4 is 15.8 Å². The number of benzene rings is 1. The van der Waals surface area contributed by atoms with Crippen molar-refractivity contribution >= 4 is 17.5 Å². The molecule has 1 aliphatic heterocycles. The van der Waals surface area contributed by atoms with Crippen molar-refractivity contribution in [3.8, 4) is 5.75 Å². The first-order valence-corrected chi connectivity index (χ1v) is 7.41. The highest BCUT2D eigenvalue weighted by molar-refractivity contribution is 6.32. The molecule has 1 aromatic carbocycles. The van der Waals surface area contributed by atoms with Gasteiger partial charge < -0.3 is 15.8 Å². The first kappa shape index (κ1) is 15.1. The molecule has 0 spiro atoms. The van der Waals surface area contributed by atoms with E-state index in [2.05, 4.69) is 5.32 Å². The molecule has 110 valence electrons. The molecular formula is C15H21ClN2O2. The van der Waals surface area contributed by atoms with Crippen molar-refractivity contribution in [1.82, 2.24) is 5.32 Å². The lowest BCUT2D eigenvalue weighted by Gasteiger charge is -2.28. The molecule has 1 heterocycles. The molecule has 0 radical (unpaired) electrons. The van der Waals surface area contributed by atoms with Gasteiger partial charge in [0, 0.05) is 24.4 Å². The second-order valence-electron chi connectivity index (χ2n) is 5.22. The molecule has 1 amide bonds. The van der Waals surface area contributed by atoms with Crippen LogP contribution in [0.4, 0.5) is 0 Å². The Hall–Kier alpha value is -1.26. The van der Waals surface area contributed by atoms with Crippen molar-refractivity contribution in [1.29, 1.82) is 0 Å². The van der Waals surface area contributed by atoms with Gasteiger partial charge in [0.1, 0.15) is 5.75 Å². The van der Waals surface area contributed by atoms with E-state index in [1.807, 2.05) is 26.0 Å². The maximum Gasteiger partial charge on any atom is 0.220 e. The highest BCUT2D eigenvalue weighted by atomic mass is 35.5. The average Bonchev–Trinajstić information content (AvgIpc) is 2.39. The number of hydrogen-bond acceptors (Lipinski definition) is 3. The zero-order valence-electron chi connectivity index (χ0n) is 11.9. The molecule has 1 aliphatic rings. The maximum atomic E-state index is 11.8. The summed E-state index contributed by atoms with van der Waals surface area (Å²) in [6.45, 7) is 4.45. The van der Waals surface area contributed by atoms with Gasteiger partial charge in [0.2, 0.25) is 5.91 Å². The largest absolute Gasteiger partial charge is 0.492 e. The third-order valence-corrected chi connectivity index (χ3v) is 3.74. The molecule has 0 fully saturated rings. The minimum Gasteiger partial charge on any atom is -0.492 e. The van der Waals surface area contributed by atoms with Crippen molar-refractivity contribution in [3.63, 3.8) is 0 Å². The normalized spacial score (nSPS) is 18.9. The smallest absolute Gasteiger partial charge is 0.220 e. The van der Waals surface area contributed by atoms with Gasteiger partial charge in [-0.3, -0.25) is 4.79 Å². The van der Waals surface area contributed by atoms with E-state index >= 15 is 0 Å². The minimum atomic E-state index is -0.105. The quantitative estimate of drug-likeness (QED) is 0.897. The van der Waals surface area contributed by atoms with Crippen molar-refractivity contribution in [3.05, 3.63) is 28.3 Å². The van der Waals surface area contributed by atoms with E-state index in [0.29, 0.717) is 23.8 Å². The Bertz CT molecular complexity index is 503. The van der Waals surface area contributed by atoms with Gasteiger partial charge in [-0.05, 0) is 31.0 Å². The topological polar surface area (TPSA) is 64.3 Å². The van der Waals surface area contributed by atoms with Crippen LogP contribution in [-0.2, 0) is 4.79 Å². The number of carbonyl (C=O) groups is 1. The van der Waals surface area contributed by atoms with Gasteiger partial charge in [-0.2, -0.15) is 0 Å². The van der Waals surface area contributed by atoms with Crippen LogP contribution in [0.15, 0.2) is 12.1 Å². The second kappa shape index (κ2) is 6.46. The number of hydrogen-bond donors (Lipinski definition) is 2. The first-order chi connectivity index (χ1) is 9.52. The van der Waals surface area contributed by atoms with Gasteiger partial charge in [0.05, 0.1) is 17.7 Å². The van der Waals surface area contributed by atoms with Crippen LogP contribution >= 0.6 is 11.6 Å². The number of halogens is 1. The van der Waals surface area contributed by atoms with E-state index in [0.717, 1.165) is 24.0 Å². The first-order valence-electron chi connectivity index (χ1n) is 7.04. The highest BCUT2D eigenvalue weighted by Crippen LogP contribution is 2.39. The molecule has 20 heavy (non-hydrogen) atoms. The van der Waals surface area contributed by atoms with E-state index in [4.69, 9.17) is 22.1 Å². The van der Waals surface area contributed by atoms with Crippen molar-refractivity contribution < 1.29 is 9.53 Å². The zero-order valence-corrected chi connectivity index (χ0v) is 12.7. The molecule has 2 atom stereocenters. The molecular weight excluding hydrogens is 276 g/mol. The lowest BCUT2D eigenvalue weighted by molar-refractivity contribution is -0.122. The van der Waals surface area contributed by atoms with Crippen molar-refractivity contribution in [2.75, 3.05) is 6.61 Å². The highest BCUT2D eigenvalue weighted by Gasteiger charge is 2.26. The molecule has 5 heteroatoms. The van der Waals surface area contributed by atoms with Gasteiger partial charge in [-0.25, -0.2) is 0 Å². The molecule has 0 saturated heterocycles. The Morgan fingerprint density at radius 1 is 1.60 bits per heavy atom. The number of fused-ring (bicyclic) bond motifs is 1. The maximum absolute atomic E-state index is 11.8. The Morgan fingerprint density at radius 3 is 3.00 bits per heavy atom. The molecule has 4 nitrogen and oxygen atoms in total. The van der Waals surface area contributed by atoms with Gasteiger partial charge >= 0.3 is 0 Å². The fraction of sp³-hybridized carbons (Fsp3) is 0.533. The molecule has 1 aromatic rings. The van der Waals surface area contributed by atoms with Crippen LogP contribution in [0.1, 0.15) is 56.3 Å². The van der Waals surface area contributed by atoms with Crippen molar-refractivity contribution in [2.24, 2.45) is 5.73 Å². The zero-order chi connectivity index (χ0) is 14.7. The van der Waals surface area contributed by atoms with Gasteiger partial charge in [0.15, 0.2) is 0 Å². The Labute approximate surface area is 124 Å². The molecule has 0 saturated carbocycles. The van der Waals surface area contributed by atoms with E-state index in [9.17, 15) is 4.79 Å². The summed E-state index contributed by atoms with van der Waals surface area (Å²) in [6, 6.07) is 3.67. The average molecular weight is 297 g/mol. The van der Waals surface area contributed by atoms with E-state index < -0.39 is 0 Å². The summed E-state index contributed by atoms with van der Waals surface area (Å²) in [4.78, 5) is 11.8.